The Morgan fingerprint density at radius 1 is 1.29 bits per heavy atom. The monoisotopic (exact) mass is 574 g/mol. The number of halogens is 2. The van der Waals surface area contributed by atoms with Crippen molar-refractivity contribution in [2.75, 3.05) is 11.9 Å². The SMILES string of the molecule is CC(=O)C(ON1CCC[C@H]1c1ncc(CCC(=O)O)s1)c1cc(Cl)c(Nc2nc3ccccc3o2)cc1Cl. The van der Waals surface area contributed by atoms with Crippen LogP contribution in [0.15, 0.2) is 47.0 Å². The first-order chi connectivity index (χ1) is 18.3. The van der Waals surface area contributed by atoms with Gasteiger partial charge in [-0.1, -0.05) is 35.3 Å². The average Bonchev–Trinajstić information content (AvgIpc) is 3.62. The molecule has 2 atom stereocenters. The Kier molecular flexibility index (Phi) is 7.96. The molecule has 3 heterocycles. The number of carbonyl (C=O) groups is 2. The molecule has 1 unspecified atom stereocenters. The van der Waals surface area contributed by atoms with Crippen LogP contribution in [0.4, 0.5) is 11.7 Å². The van der Waals surface area contributed by atoms with Gasteiger partial charge in [0.15, 0.2) is 17.5 Å². The van der Waals surface area contributed by atoms with Gasteiger partial charge < -0.3 is 14.8 Å². The van der Waals surface area contributed by atoms with Gasteiger partial charge in [-0.05, 0) is 50.5 Å². The number of anilines is 2. The summed E-state index contributed by atoms with van der Waals surface area (Å²) in [6, 6.07) is 10.7. The number of aliphatic carboxylic acids is 1. The fourth-order valence-corrected chi connectivity index (χ4v) is 5.86. The molecule has 38 heavy (non-hydrogen) atoms. The van der Waals surface area contributed by atoms with E-state index in [2.05, 4.69) is 15.3 Å². The summed E-state index contributed by atoms with van der Waals surface area (Å²) in [6.07, 6.45) is 2.88. The van der Waals surface area contributed by atoms with Crippen LogP contribution in [-0.2, 0) is 20.8 Å². The molecule has 1 aliphatic rings. The third-order valence-corrected chi connectivity index (χ3v) is 7.96. The van der Waals surface area contributed by atoms with Gasteiger partial charge in [0, 0.05) is 28.2 Å². The number of para-hydroxylation sites is 2. The van der Waals surface area contributed by atoms with Gasteiger partial charge in [-0.25, -0.2) is 4.98 Å². The number of carboxylic acid groups (broad SMARTS) is 1. The Bertz CT molecular complexity index is 1460. The van der Waals surface area contributed by atoms with Crippen molar-refractivity contribution in [2.45, 2.75) is 44.8 Å². The van der Waals surface area contributed by atoms with E-state index in [-0.39, 0.29) is 24.3 Å². The maximum atomic E-state index is 12.7. The molecule has 0 amide bonds. The predicted octanol–water partition coefficient (Wildman–Crippen LogP) is 6.75. The number of Topliss-reactive ketones (excluding diaryl/α,β-unsaturated/α-hetero) is 1. The Hall–Kier alpha value is -3.02. The summed E-state index contributed by atoms with van der Waals surface area (Å²) in [5.74, 6) is -1.07. The second kappa shape index (κ2) is 11.4. The molecule has 0 aliphatic carbocycles. The number of rotatable bonds is 10. The number of nitrogens with one attached hydrogen (secondary N) is 1. The van der Waals surface area contributed by atoms with E-state index in [4.69, 9.17) is 37.6 Å². The van der Waals surface area contributed by atoms with E-state index in [0.29, 0.717) is 45.4 Å². The van der Waals surface area contributed by atoms with Gasteiger partial charge in [0.2, 0.25) is 0 Å². The molecule has 1 fully saturated rings. The number of hydrogen-bond donors (Lipinski definition) is 2. The van der Waals surface area contributed by atoms with Crippen molar-refractivity contribution in [3.05, 3.63) is 68.1 Å². The van der Waals surface area contributed by atoms with E-state index < -0.39 is 12.1 Å². The zero-order valence-electron chi connectivity index (χ0n) is 20.3. The lowest BCUT2D eigenvalue weighted by Gasteiger charge is -2.27. The molecule has 198 valence electrons. The lowest BCUT2D eigenvalue weighted by Crippen LogP contribution is -2.29. The maximum Gasteiger partial charge on any atom is 0.303 e. The number of thiazole rings is 1. The molecule has 2 aromatic carbocycles. The van der Waals surface area contributed by atoms with Crippen molar-refractivity contribution in [2.24, 2.45) is 0 Å². The van der Waals surface area contributed by atoms with Gasteiger partial charge in [0.25, 0.3) is 6.01 Å². The van der Waals surface area contributed by atoms with E-state index in [1.54, 1.807) is 23.4 Å². The minimum atomic E-state index is -0.967. The Labute approximate surface area is 232 Å². The second-order valence-electron chi connectivity index (χ2n) is 8.92. The minimum Gasteiger partial charge on any atom is -0.481 e. The first kappa shape index (κ1) is 26.6. The molecule has 1 aliphatic heterocycles. The number of carboxylic acids is 1. The summed E-state index contributed by atoms with van der Waals surface area (Å²) in [6.45, 7) is 2.05. The van der Waals surface area contributed by atoms with Crippen LogP contribution in [0, 0.1) is 0 Å². The molecule has 12 heteroatoms. The van der Waals surface area contributed by atoms with Gasteiger partial charge in [-0.15, -0.1) is 11.3 Å². The normalized spacial score (nSPS) is 16.7. The number of fused-ring (bicyclic) bond motifs is 1. The average molecular weight is 575 g/mol. The van der Waals surface area contributed by atoms with Crippen molar-refractivity contribution in [1.82, 2.24) is 15.0 Å². The highest BCUT2D eigenvalue weighted by atomic mass is 35.5. The first-order valence-corrected chi connectivity index (χ1v) is 13.6. The van der Waals surface area contributed by atoms with Crippen molar-refractivity contribution in [1.29, 1.82) is 0 Å². The smallest absolute Gasteiger partial charge is 0.303 e. The zero-order chi connectivity index (χ0) is 26.8. The molecule has 9 nitrogen and oxygen atoms in total. The highest BCUT2D eigenvalue weighted by molar-refractivity contribution is 7.11. The number of oxazole rings is 1. The molecule has 4 aromatic rings. The lowest BCUT2D eigenvalue weighted by molar-refractivity contribution is -0.209. The van der Waals surface area contributed by atoms with E-state index in [1.807, 2.05) is 24.3 Å². The number of aryl methyl sites for hydroxylation is 1. The molecule has 0 radical (unpaired) electrons. The molecular formula is C26H24Cl2N4O5S. The molecular weight excluding hydrogens is 551 g/mol. The quantitative estimate of drug-likeness (QED) is 0.212. The summed E-state index contributed by atoms with van der Waals surface area (Å²) in [7, 11) is 0. The van der Waals surface area contributed by atoms with E-state index in [0.717, 1.165) is 22.7 Å². The number of hydroxylamine groups is 2. The largest absolute Gasteiger partial charge is 0.481 e. The van der Waals surface area contributed by atoms with Crippen LogP contribution >= 0.6 is 34.5 Å². The number of nitrogens with zero attached hydrogens (tertiary/aromatic N) is 3. The van der Waals surface area contributed by atoms with E-state index >= 15 is 0 Å². The highest BCUT2D eigenvalue weighted by Gasteiger charge is 2.34. The predicted molar refractivity (Wildman–Crippen MR) is 145 cm³/mol. The summed E-state index contributed by atoms with van der Waals surface area (Å²) in [4.78, 5) is 39.6. The van der Waals surface area contributed by atoms with E-state index in [9.17, 15) is 9.59 Å². The van der Waals surface area contributed by atoms with Crippen molar-refractivity contribution >= 4 is 69.1 Å². The number of ketones is 1. The van der Waals surface area contributed by atoms with Crippen molar-refractivity contribution < 1.29 is 24.0 Å². The van der Waals surface area contributed by atoms with Gasteiger partial charge in [-0.3, -0.25) is 14.4 Å². The van der Waals surface area contributed by atoms with Gasteiger partial charge in [-0.2, -0.15) is 10.0 Å². The van der Waals surface area contributed by atoms with Crippen LogP contribution in [0.5, 0.6) is 0 Å². The van der Waals surface area contributed by atoms with Crippen molar-refractivity contribution in [3.63, 3.8) is 0 Å². The second-order valence-corrected chi connectivity index (χ2v) is 10.9. The summed E-state index contributed by atoms with van der Waals surface area (Å²) >= 11 is 14.7. The van der Waals surface area contributed by atoms with Crippen LogP contribution in [0.25, 0.3) is 11.1 Å². The van der Waals surface area contributed by atoms with Gasteiger partial charge in [0.05, 0.1) is 23.2 Å². The van der Waals surface area contributed by atoms with Crippen LogP contribution in [0.2, 0.25) is 10.0 Å². The molecule has 0 spiro atoms. The van der Waals surface area contributed by atoms with Crippen LogP contribution in [-0.4, -0.2) is 38.4 Å². The first-order valence-electron chi connectivity index (χ1n) is 12.0. The topological polar surface area (TPSA) is 118 Å². The highest BCUT2D eigenvalue weighted by Crippen LogP contribution is 2.40. The van der Waals surface area contributed by atoms with Crippen LogP contribution in [0.1, 0.15) is 53.8 Å². The molecule has 5 rings (SSSR count). The fourth-order valence-electron chi connectivity index (χ4n) is 4.32. The maximum absolute atomic E-state index is 12.7. The van der Waals surface area contributed by atoms with E-state index in [1.165, 1.54) is 18.3 Å². The Balaban J connectivity index is 1.34. The Morgan fingerprint density at radius 2 is 2.11 bits per heavy atom. The summed E-state index contributed by atoms with van der Waals surface area (Å²) in [5, 5.41) is 15.2. The number of hydrogen-bond acceptors (Lipinski definition) is 9. The van der Waals surface area contributed by atoms with Gasteiger partial charge in [0.1, 0.15) is 10.5 Å². The Morgan fingerprint density at radius 3 is 2.87 bits per heavy atom. The standard InChI is InChI=1S/C26H24Cl2N4O5S/c1-14(33)24(37-32-10-4-6-21(32)25-29-13-15(38-25)8-9-23(34)35)16-11-18(28)20(12-17(16)27)31-26-30-19-5-2-3-7-22(19)36-26/h2-3,5,7,11-13,21,24H,4,6,8-10H2,1H3,(H,30,31)(H,34,35)/t21-,24?/m0/s1. The molecule has 2 N–H and O–H groups in total. The van der Waals surface area contributed by atoms with Crippen LogP contribution in [0.3, 0.4) is 0 Å². The lowest BCUT2D eigenvalue weighted by atomic mass is 10.1. The fraction of sp³-hybridized carbons (Fsp3) is 0.308. The third-order valence-electron chi connectivity index (χ3n) is 6.16. The summed E-state index contributed by atoms with van der Waals surface area (Å²) in [5.41, 5.74) is 2.26. The van der Waals surface area contributed by atoms with Crippen molar-refractivity contribution in [3.8, 4) is 0 Å². The number of carbonyl (C=O) groups excluding carboxylic acids is 1. The minimum absolute atomic E-state index is 0.0510. The molecule has 1 saturated heterocycles. The molecule has 0 saturated carbocycles. The van der Waals surface area contributed by atoms with Gasteiger partial charge >= 0.3 is 5.97 Å². The summed E-state index contributed by atoms with van der Waals surface area (Å²) < 4.78 is 5.71. The molecule has 2 aromatic heterocycles. The number of aromatic nitrogens is 2. The van der Waals surface area contributed by atoms with Crippen LogP contribution < -0.4 is 5.32 Å². The molecule has 0 bridgehead atoms. The third kappa shape index (κ3) is 5.84. The zero-order valence-corrected chi connectivity index (χ0v) is 22.6. The number of benzene rings is 2.